The molecule has 3 heteroatoms. The minimum Gasteiger partial charge on any atom is -0.472 e. The molecular weight excluding hydrogens is 212 g/mol. The van der Waals surface area contributed by atoms with Crippen molar-refractivity contribution >= 4 is 16.8 Å². The van der Waals surface area contributed by atoms with Crippen molar-refractivity contribution in [2.75, 3.05) is 6.54 Å². The number of hydrogen-bond acceptors (Lipinski definition) is 3. The third-order valence-corrected chi connectivity index (χ3v) is 3.05. The van der Waals surface area contributed by atoms with Crippen molar-refractivity contribution in [1.29, 1.82) is 0 Å². The summed E-state index contributed by atoms with van der Waals surface area (Å²) in [6.07, 6.45) is 3.04. The van der Waals surface area contributed by atoms with Crippen LogP contribution in [0.1, 0.15) is 18.9 Å². The first kappa shape index (κ1) is 10.3. The van der Waals surface area contributed by atoms with Crippen molar-refractivity contribution in [3.63, 3.8) is 0 Å². The molecule has 2 heterocycles. The molecule has 0 saturated carbocycles. The van der Waals surface area contributed by atoms with Crippen LogP contribution in [0.2, 0.25) is 0 Å². The highest BCUT2D eigenvalue weighted by Gasteiger charge is 2.20. The number of para-hydroxylation sites is 1. The average Bonchev–Trinajstić information content (AvgIpc) is 2.87. The predicted molar refractivity (Wildman–Crippen MR) is 68.3 cm³/mol. The number of benzene rings is 1. The highest BCUT2D eigenvalue weighted by Crippen LogP contribution is 2.21. The van der Waals surface area contributed by atoms with Crippen LogP contribution in [0.3, 0.4) is 0 Å². The monoisotopic (exact) mass is 226 g/mol. The fraction of sp³-hybridized carbons (Fsp3) is 0.286. The van der Waals surface area contributed by atoms with Crippen LogP contribution in [-0.2, 0) is 4.74 Å². The van der Waals surface area contributed by atoms with Crippen molar-refractivity contribution in [3.8, 4) is 0 Å². The molecule has 1 aromatic heterocycles. The lowest BCUT2D eigenvalue weighted by molar-refractivity contribution is 0.220. The van der Waals surface area contributed by atoms with E-state index in [0.29, 0.717) is 0 Å². The average molecular weight is 226 g/mol. The maximum atomic E-state index is 5.83. The Morgan fingerprint density at radius 2 is 2.18 bits per heavy atom. The molecule has 0 aliphatic carbocycles. The molecule has 3 rings (SSSR count). The zero-order valence-electron chi connectivity index (χ0n) is 9.76. The fourth-order valence-corrected chi connectivity index (χ4v) is 2.06. The summed E-state index contributed by atoms with van der Waals surface area (Å²) >= 11 is 0. The number of aromatic nitrogens is 1. The van der Waals surface area contributed by atoms with E-state index in [2.05, 4.69) is 23.0 Å². The van der Waals surface area contributed by atoms with E-state index in [9.17, 15) is 0 Å². The van der Waals surface area contributed by atoms with E-state index in [0.717, 1.165) is 35.3 Å². The van der Waals surface area contributed by atoms with Crippen molar-refractivity contribution < 1.29 is 4.74 Å². The van der Waals surface area contributed by atoms with Gasteiger partial charge in [-0.1, -0.05) is 25.1 Å². The number of pyridine rings is 1. The second-order valence-corrected chi connectivity index (χ2v) is 4.17. The van der Waals surface area contributed by atoms with Gasteiger partial charge in [-0.2, -0.15) is 0 Å². The molecule has 0 amide bonds. The van der Waals surface area contributed by atoms with E-state index in [4.69, 9.17) is 4.74 Å². The number of rotatable bonds is 2. The normalized spacial score (nSPS) is 19.1. The summed E-state index contributed by atoms with van der Waals surface area (Å²) in [7, 11) is 0. The molecule has 2 aromatic rings. The molecule has 86 valence electrons. The Balaban J connectivity index is 2.07. The van der Waals surface area contributed by atoms with Gasteiger partial charge in [0, 0.05) is 17.1 Å². The van der Waals surface area contributed by atoms with Gasteiger partial charge in [0.2, 0.25) is 5.90 Å². The second kappa shape index (κ2) is 4.17. The Morgan fingerprint density at radius 1 is 1.29 bits per heavy atom. The van der Waals surface area contributed by atoms with Crippen molar-refractivity contribution in [2.45, 2.75) is 19.4 Å². The van der Waals surface area contributed by atoms with Gasteiger partial charge in [-0.3, -0.25) is 4.98 Å². The van der Waals surface area contributed by atoms with Gasteiger partial charge in [-0.05, 0) is 18.6 Å². The summed E-state index contributed by atoms with van der Waals surface area (Å²) in [5, 5.41) is 1.10. The summed E-state index contributed by atoms with van der Waals surface area (Å²) in [5.41, 5.74) is 2.03. The number of hydrogen-bond donors (Lipinski definition) is 0. The molecule has 1 aromatic carbocycles. The maximum Gasteiger partial charge on any atom is 0.217 e. The molecule has 0 spiro atoms. The summed E-state index contributed by atoms with van der Waals surface area (Å²) in [4.78, 5) is 8.82. The van der Waals surface area contributed by atoms with E-state index in [-0.39, 0.29) is 6.10 Å². The standard InChI is InChI=1S/C14H14N2O/c1-2-10-9-16-14(17-10)12-7-8-15-13-6-4-3-5-11(12)13/h3-8,10H,2,9H2,1H3. The molecule has 1 atom stereocenters. The zero-order valence-corrected chi connectivity index (χ0v) is 9.76. The Bertz CT molecular complexity index is 572. The number of nitrogens with zero attached hydrogens (tertiary/aromatic N) is 2. The van der Waals surface area contributed by atoms with Crippen molar-refractivity contribution in [1.82, 2.24) is 4.98 Å². The first-order chi connectivity index (χ1) is 8.38. The molecule has 0 saturated heterocycles. The minimum atomic E-state index is 0.233. The highest BCUT2D eigenvalue weighted by atomic mass is 16.5. The Morgan fingerprint density at radius 3 is 3.00 bits per heavy atom. The van der Waals surface area contributed by atoms with E-state index in [1.807, 2.05) is 30.5 Å². The SMILES string of the molecule is CCC1CN=C(c2ccnc3ccccc23)O1. The lowest BCUT2D eigenvalue weighted by atomic mass is 10.1. The van der Waals surface area contributed by atoms with Crippen LogP contribution in [-0.4, -0.2) is 23.5 Å². The molecule has 3 nitrogen and oxygen atoms in total. The van der Waals surface area contributed by atoms with Crippen LogP contribution in [0.4, 0.5) is 0 Å². The molecule has 1 aliphatic rings. The van der Waals surface area contributed by atoms with Gasteiger partial charge < -0.3 is 4.74 Å². The van der Waals surface area contributed by atoms with Crippen LogP contribution in [0.5, 0.6) is 0 Å². The molecule has 1 aliphatic heterocycles. The lowest BCUT2D eigenvalue weighted by Gasteiger charge is -2.09. The number of fused-ring (bicyclic) bond motifs is 1. The minimum absolute atomic E-state index is 0.233. The van der Waals surface area contributed by atoms with Gasteiger partial charge in [0.05, 0.1) is 12.1 Å². The van der Waals surface area contributed by atoms with Crippen molar-refractivity contribution in [2.24, 2.45) is 4.99 Å². The first-order valence-corrected chi connectivity index (χ1v) is 5.93. The van der Waals surface area contributed by atoms with Crippen LogP contribution in [0.25, 0.3) is 10.9 Å². The molecule has 0 fully saturated rings. The summed E-state index contributed by atoms with van der Waals surface area (Å²) < 4.78 is 5.83. The molecule has 0 bridgehead atoms. The highest BCUT2D eigenvalue weighted by molar-refractivity contribution is 6.06. The second-order valence-electron chi connectivity index (χ2n) is 4.17. The summed E-state index contributed by atoms with van der Waals surface area (Å²) in [5.74, 6) is 0.760. The van der Waals surface area contributed by atoms with Gasteiger partial charge in [0.15, 0.2) is 0 Å². The van der Waals surface area contributed by atoms with E-state index in [1.54, 1.807) is 0 Å². The topological polar surface area (TPSA) is 34.5 Å². The molecule has 1 unspecified atom stereocenters. The van der Waals surface area contributed by atoms with Crippen LogP contribution in [0.15, 0.2) is 41.5 Å². The third kappa shape index (κ3) is 1.78. The van der Waals surface area contributed by atoms with Gasteiger partial charge in [-0.15, -0.1) is 0 Å². The Kier molecular flexibility index (Phi) is 2.52. The largest absolute Gasteiger partial charge is 0.472 e. The zero-order chi connectivity index (χ0) is 11.7. The third-order valence-electron chi connectivity index (χ3n) is 3.05. The predicted octanol–water partition coefficient (Wildman–Crippen LogP) is 2.79. The quantitative estimate of drug-likeness (QED) is 0.789. The Hall–Kier alpha value is -1.90. The lowest BCUT2D eigenvalue weighted by Crippen LogP contribution is -2.12. The molecule has 0 N–H and O–H groups in total. The van der Waals surface area contributed by atoms with Crippen LogP contribution >= 0.6 is 0 Å². The van der Waals surface area contributed by atoms with Gasteiger partial charge in [0.1, 0.15) is 6.10 Å². The van der Waals surface area contributed by atoms with Gasteiger partial charge >= 0.3 is 0 Å². The smallest absolute Gasteiger partial charge is 0.217 e. The van der Waals surface area contributed by atoms with Gasteiger partial charge in [-0.25, -0.2) is 4.99 Å². The van der Waals surface area contributed by atoms with E-state index in [1.165, 1.54) is 0 Å². The number of aliphatic imine (C=N–C) groups is 1. The van der Waals surface area contributed by atoms with E-state index < -0.39 is 0 Å². The fourth-order valence-electron chi connectivity index (χ4n) is 2.06. The Labute approximate surface area is 100 Å². The maximum absolute atomic E-state index is 5.83. The van der Waals surface area contributed by atoms with Crippen LogP contribution < -0.4 is 0 Å². The van der Waals surface area contributed by atoms with E-state index >= 15 is 0 Å². The molecular formula is C14H14N2O. The van der Waals surface area contributed by atoms with Crippen LogP contribution in [0, 0.1) is 0 Å². The number of ether oxygens (including phenoxy) is 1. The summed E-state index contributed by atoms with van der Waals surface area (Å²) in [6.45, 7) is 2.89. The summed E-state index contributed by atoms with van der Waals surface area (Å²) in [6, 6.07) is 10.0. The first-order valence-electron chi connectivity index (χ1n) is 5.93. The molecule has 0 radical (unpaired) electrons. The van der Waals surface area contributed by atoms with Crippen molar-refractivity contribution in [3.05, 3.63) is 42.1 Å². The molecule has 17 heavy (non-hydrogen) atoms. The van der Waals surface area contributed by atoms with Gasteiger partial charge in [0.25, 0.3) is 0 Å².